The molecular formula is C22H25N3O7. The molecule has 0 saturated carbocycles. The summed E-state index contributed by atoms with van der Waals surface area (Å²) in [6.07, 6.45) is 1.55. The van der Waals surface area contributed by atoms with Gasteiger partial charge in [0.25, 0.3) is 0 Å². The van der Waals surface area contributed by atoms with Crippen LogP contribution in [0.2, 0.25) is 0 Å². The van der Waals surface area contributed by atoms with Crippen LogP contribution < -0.4 is 10.5 Å². The zero-order chi connectivity index (χ0) is 23.7. The molecule has 0 saturated heterocycles. The van der Waals surface area contributed by atoms with Crippen molar-refractivity contribution in [2.75, 3.05) is 19.7 Å². The molecule has 0 spiro atoms. The molecule has 0 aliphatic carbocycles. The number of aliphatic carboxylic acids is 1. The number of furan rings is 1. The maximum atomic E-state index is 12.6. The van der Waals surface area contributed by atoms with E-state index in [2.05, 4.69) is 0 Å². The van der Waals surface area contributed by atoms with E-state index in [1.54, 1.807) is 19.1 Å². The molecule has 0 fully saturated rings. The summed E-state index contributed by atoms with van der Waals surface area (Å²) >= 11 is 0. The third-order valence-corrected chi connectivity index (χ3v) is 4.37. The van der Waals surface area contributed by atoms with Crippen LogP contribution in [0.4, 0.5) is 0 Å². The molecule has 1 amide bonds. The Balaban J connectivity index is 2.06. The Kier molecular flexibility index (Phi) is 8.72. The third kappa shape index (κ3) is 7.10. The molecule has 1 aromatic heterocycles. The van der Waals surface area contributed by atoms with Crippen molar-refractivity contribution in [3.8, 4) is 5.75 Å². The lowest BCUT2D eigenvalue weighted by molar-refractivity contribution is -0.138. The summed E-state index contributed by atoms with van der Waals surface area (Å²) in [5, 5.41) is 25.2. The minimum atomic E-state index is -1.03. The minimum Gasteiger partial charge on any atom is -0.481 e. The van der Waals surface area contributed by atoms with E-state index in [9.17, 15) is 14.4 Å². The van der Waals surface area contributed by atoms with Crippen LogP contribution >= 0.6 is 0 Å². The van der Waals surface area contributed by atoms with Gasteiger partial charge in [0.05, 0.1) is 6.42 Å². The van der Waals surface area contributed by atoms with Crippen LogP contribution in [0.15, 0.2) is 46.4 Å². The topological polar surface area (TPSA) is 167 Å². The smallest absolute Gasteiger partial charge is 0.379 e. The van der Waals surface area contributed by atoms with Crippen LogP contribution in [0.25, 0.3) is 6.08 Å². The number of aliphatic hydroxyl groups is 1. The van der Waals surface area contributed by atoms with Crippen molar-refractivity contribution in [1.29, 1.82) is 5.41 Å². The Morgan fingerprint density at radius 2 is 1.84 bits per heavy atom. The van der Waals surface area contributed by atoms with Gasteiger partial charge < -0.3 is 30.0 Å². The molecule has 0 aliphatic rings. The lowest BCUT2D eigenvalue weighted by Gasteiger charge is -2.22. The first-order valence-corrected chi connectivity index (χ1v) is 9.78. The van der Waals surface area contributed by atoms with E-state index in [-0.39, 0.29) is 54.8 Å². The summed E-state index contributed by atoms with van der Waals surface area (Å²) in [4.78, 5) is 37.1. The van der Waals surface area contributed by atoms with E-state index in [1.165, 1.54) is 35.2 Å². The van der Waals surface area contributed by atoms with Crippen molar-refractivity contribution in [2.24, 2.45) is 5.73 Å². The number of carbonyl (C=O) groups excluding carboxylic acids is 2. The number of carboxylic acid groups (broad SMARTS) is 1. The molecule has 32 heavy (non-hydrogen) atoms. The van der Waals surface area contributed by atoms with Gasteiger partial charge in [0.2, 0.25) is 11.7 Å². The van der Waals surface area contributed by atoms with Crippen molar-refractivity contribution in [3.05, 3.63) is 59.1 Å². The van der Waals surface area contributed by atoms with E-state index in [4.69, 9.17) is 30.5 Å². The van der Waals surface area contributed by atoms with Crippen molar-refractivity contribution in [3.63, 3.8) is 0 Å². The number of nitrogen functional groups attached to an aromatic ring is 1. The van der Waals surface area contributed by atoms with Gasteiger partial charge in [-0.15, -0.1) is 0 Å². The summed E-state index contributed by atoms with van der Waals surface area (Å²) < 4.78 is 10.7. The molecule has 0 radical (unpaired) electrons. The molecule has 1 aromatic carbocycles. The average Bonchev–Trinajstić information content (AvgIpc) is 3.22. The number of ether oxygens (including phenoxy) is 1. The monoisotopic (exact) mass is 443 g/mol. The quantitative estimate of drug-likeness (QED) is 0.134. The second-order valence-corrected chi connectivity index (χ2v) is 6.87. The average molecular weight is 443 g/mol. The molecule has 0 aliphatic heterocycles. The maximum absolute atomic E-state index is 12.6. The van der Waals surface area contributed by atoms with Gasteiger partial charge in [-0.05, 0) is 55.8 Å². The van der Waals surface area contributed by atoms with Crippen LogP contribution in [0.1, 0.15) is 41.6 Å². The van der Waals surface area contributed by atoms with Crippen molar-refractivity contribution in [1.82, 2.24) is 4.90 Å². The Morgan fingerprint density at radius 1 is 1.16 bits per heavy atom. The number of carbonyl (C=O) groups is 3. The molecule has 10 nitrogen and oxygen atoms in total. The maximum Gasteiger partial charge on any atom is 0.379 e. The lowest BCUT2D eigenvalue weighted by atomic mass is 10.2. The Labute approximate surface area is 184 Å². The van der Waals surface area contributed by atoms with Crippen molar-refractivity contribution < 1.29 is 33.8 Å². The number of benzene rings is 1. The van der Waals surface area contributed by atoms with E-state index in [1.807, 2.05) is 0 Å². The van der Waals surface area contributed by atoms with Gasteiger partial charge in [-0.3, -0.25) is 15.0 Å². The van der Waals surface area contributed by atoms with Gasteiger partial charge in [-0.2, -0.15) is 0 Å². The molecule has 2 aromatic rings. The highest BCUT2D eigenvalue weighted by atomic mass is 16.5. The second kappa shape index (κ2) is 11.5. The van der Waals surface area contributed by atoms with E-state index in [0.717, 1.165) is 0 Å². The number of esters is 1. The summed E-state index contributed by atoms with van der Waals surface area (Å²) in [7, 11) is 0. The molecule has 0 unspecified atom stereocenters. The highest BCUT2D eigenvalue weighted by Gasteiger charge is 2.18. The van der Waals surface area contributed by atoms with Gasteiger partial charge in [-0.1, -0.05) is 0 Å². The van der Waals surface area contributed by atoms with Crippen molar-refractivity contribution in [2.45, 2.75) is 19.8 Å². The highest BCUT2D eigenvalue weighted by molar-refractivity contribution is 5.97. The van der Waals surface area contributed by atoms with Crippen LogP contribution in [0.5, 0.6) is 5.75 Å². The molecule has 10 heteroatoms. The fourth-order valence-corrected chi connectivity index (χ4v) is 2.73. The summed E-state index contributed by atoms with van der Waals surface area (Å²) in [5.41, 5.74) is 6.16. The SMILES string of the molecule is C/C(=C\c1ccc(C(=O)Oc2ccc(C(=N)N)cc2)o1)C(=O)N(CCCO)CCC(=O)O. The summed E-state index contributed by atoms with van der Waals surface area (Å²) in [5.74, 6) is -1.85. The van der Waals surface area contributed by atoms with Gasteiger partial charge in [0, 0.05) is 30.8 Å². The highest BCUT2D eigenvalue weighted by Crippen LogP contribution is 2.18. The lowest BCUT2D eigenvalue weighted by Crippen LogP contribution is -2.34. The first kappa shape index (κ1) is 24.4. The number of aliphatic hydroxyl groups excluding tert-OH is 1. The third-order valence-electron chi connectivity index (χ3n) is 4.37. The largest absolute Gasteiger partial charge is 0.481 e. The Bertz CT molecular complexity index is 1010. The number of nitrogens with one attached hydrogen (secondary N) is 1. The van der Waals surface area contributed by atoms with Crippen LogP contribution in [0.3, 0.4) is 0 Å². The number of hydrogen-bond acceptors (Lipinski definition) is 7. The van der Waals surface area contributed by atoms with Crippen LogP contribution in [-0.4, -0.2) is 58.5 Å². The van der Waals surface area contributed by atoms with E-state index >= 15 is 0 Å². The molecule has 0 atom stereocenters. The minimum absolute atomic E-state index is 0.0114. The van der Waals surface area contributed by atoms with E-state index < -0.39 is 17.8 Å². The molecule has 1 heterocycles. The molecule has 0 bridgehead atoms. The zero-order valence-electron chi connectivity index (χ0n) is 17.5. The molecule has 2 rings (SSSR count). The normalized spacial score (nSPS) is 11.1. The number of nitrogens with two attached hydrogens (primary N) is 1. The first-order valence-electron chi connectivity index (χ1n) is 9.78. The van der Waals surface area contributed by atoms with Crippen LogP contribution in [0, 0.1) is 5.41 Å². The molecular weight excluding hydrogens is 418 g/mol. The Morgan fingerprint density at radius 3 is 2.44 bits per heavy atom. The number of carboxylic acids is 1. The van der Waals surface area contributed by atoms with E-state index in [0.29, 0.717) is 12.0 Å². The number of amides is 1. The van der Waals surface area contributed by atoms with Crippen molar-refractivity contribution >= 4 is 29.8 Å². The second-order valence-electron chi connectivity index (χ2n) is 6.87. The first-order chi connectivity index (χ1) is 15.2. The predicted octanol–water partition coefficient (Wildman–Crippen LogP) is 1.87. The Hall–Kier alpha value is -3.92. The standard InChI is InChI=1S/C22H25N3O7/c1-14(21(29)25(10-2-12-26)11-9-19(27)28)13-17-7-8-18(31-17)22(30)32-16-5-3-15(4-6-16)20(23)24/h3-8,13,26H,2,9-12H2,1H3,(H3,23,24)(H,27,28)/b14-13+. The predicted molar refractivity (Wildman–Crippen MR) is 115 cm³/mol. The number of nitrogens with zero attached hydrogens (tertiary/aromatic N) is 1. The summed E-state index contributed by atoms with van der Waals surface area (Å²) in [6, 6.07) is 9.00. The molecule has 5 N–H and O–H groups in total. The van der Waals surface area contributed by atoms with Gasteiger partial charge >= 0.3 is 11.9 Å². The van der Waals surface area contributed by atoms with Crippen LogP contribution in [-0.2, 0) is 9.59 Å². The number of amidine groups is 1. The zero-order valence-corrected chi connectivity index (χ0v) is 17.5. The fraction of sp³-hybridized carbons (Fsp3) is 0.273. The van der Waals surface area contributed by atoms with Gasteiger partial charge in [-0.25, -0.2) is 4.79 Å². The van der Waals surface area contributed by atoms with Gasteiger partial charge in [0.15, 0.2) is 0 Å². The summed E-state index contributed by atoms with van der Waals surface area (Å²) in [6.45, 7) is 1.65. The van der Waals surface area contributed by atoms with Gasteiger partial charge in [0.1, 0.15) is 17.3 Å². The number of hydrogen-bond donors (Lipinski definition) is 4. The molecule has 170 valence electrons. The number of rotatable bonds is 11. The fourth-order valence-electron chi connectivity index (χ4n) is 2.73.